The second-order valence-corrected chi connectivity index (χ2v) is 8.57. The van der Waals surface area contributed by atoms with Crippen LogP contribution in [0.25, 0.3) is 0 Å². The minimum Gasteiger partial charge on any atom is -0.343 e. The molecule has 2 saturated heterocycles. The molecule has 0 saturated carbocycles. The standard InChI is InChI=1S/C18H23N3O3S/c19-14-15-5-3-7-17(13-15)25(23,24)21-11-2-1-6-16(21)9-12-20-10-4-8-18(20)22/h3,5,7,13,16H,1-2,4,6,8-12H2. The van der Waals surface area contributed by atoms with Gasteiger partial charge >= 0.3 is 0 Å². The van der Waals surface area contributed by atoms with E-state index < -0.39 is 10.0 Å². The maximum absolute atomic E-state index is 13.1. The fourth-order valence-electron chi connectivity index (χ4n) is 3.69. The highest BCUT2D eigenvalue weighted by molar-refractivity contribution is 7.89. The molecule has 0 bridgehead atoms. The van der Waals surface area contributed by atoms with Crippen molar-refractivity contribution in [2.45, 2.75) is 49.5 Å². The van der Waals surface area contributed by atoms with E-state index in [0.717, 1.165) is 32.2 Å². The maximum Gasteiger partial charge on any atom is 0.243 e. The molecule has 0 N–H and O–H groups in total. The Hall–Kier alpha value is -1.91. The first kappa shape index (κ1) is 17.9. The minimum atomic E-state index is -3.62. The van der Waals surface area contributed by atoms with Crippen molar-refractivity contribution >= 4 is 15.9 Å². The summed E-state index contributed by atoms with van der Waals surface area (Å²) in [5.74, 6) is 0.173. The monoisotopic (exact) mass is 361 g/mol. The van der Waals surface area contributed by atoms with Gasteiger partial charge in [-0.15, -0.1) is 0 Å². The summed E-state index contributed by atoms with van der Waals surface area (Å²) in [4.78, 5) is 13.8. The van der Waals surface area contributed by atoms with Crippen LogP contribution in [0.15, 0.2) is 29.2 Å². The lowest BCUT2D eigenvalue weighted by Gasteiger charge is -2.35. The molecule has 1 unspecified atom stereocenters. The van der Waals surface area contributed by atoms with Gasteiger partial charge in [0.05, 0.1) is 16.5 Å². The Morgan fingerprint density at radius 1 is 1.20 bits per heavy atom. The number of amides is 1. The molecule has 2 aliphatic rings. The van der Waals surface area contributed by atoms with Gasteiger partial charge in [-0.1, -0.05) is 12.5 Å². The Morgan fingerprint density at radius 3 is 2.76 bits per heavy atom. The number of nitrogens with zero attached hydrogens (tertiary/aromatic N) is 3. The number of hydrogen-bond acceptors (Lipinski definition) is 4. The van der Waals surface area contributed by atoms with Crippen molar-refractivity contribution in [3.8, 4) is 6.07 Å². The Kier molecular flexibility index (Phi) is 5.40. The van der Waals surface area contributed by atoms with E-state index in [4.69, 9.17) is 5.26 Å². The van der Waals surface area contributed by atoms with Gasteiger partial charge < -0.3 is 4.90 Å². The van der Waals surface area contributed by atoms with E-state index in [1.165, 1.54) is 6.07 Å². The van der Waals surface area contributed by atoms with Crippen molar-refractivity contribution < 1.29 is 13.2 Å². The van der Waals surface area contributed by atoms with Crippen LogP contribution < -0.4 is 0 Å². The minimum absolute atomic E-state index is 0.0853. The van der Waals surface area contributed by atoms with Crippen LogP contribution in [0.4, 0.5) is 0 Å². The molecule has 0 aliphatic carbocycles. The molecule has 2 heterocycles. The fraction of sp³-hybridized carbons (Fsp3) is 0.556. The van der Waals surface area contributed by atoms with Gasteiger partial charge in [-0.25, -0.2) is 8.42 Å². The van der Waals surface area contributed by atoms with Gasteiger partial charge in [0.15, 0.2) is 0 Å². The van der Waals surface area contributed by atoms with Crippen LogP contribution in [0.1, 0.15) is 44.1 Å². The van der Waals surface area contributed by atoms with E-state index in [2.05, 4.69) is 0 Å². The number of benzene rings is 1. The lowest BCUT2D eigenvalue weighted by atomic mass is 10.0. The van der Waals surface area contributed by atoms with Crippen molar-refractivity contribution in [3.63, 3.8) is 0 Å². The van der Waals surface area contributed by atoms with E-state index >= 15 is 0 Å². The zero-order chi connectivity index (χ0) is 17.9. The van der Waals surface area contributed by atoms with Crippen LogP contribution in [0.5, 0.6) is 0 Å². The van der Waals surface area contributed by atoms with Crippen molar-refractivity contribution in [3.05, 3.63) is 29.8 Å². The predicted molar refractivity (Wildman–Crippen MR) is 93.1 cm³/mol. The normalized spacial score (nSPS) is 22.1. The molecule has 7 heteroatoms. The molecule has 0 radical (unpaired) electrons. The zero-order valence-electron chi connectivity index (χ0n) is 14.2. The summed E-state index contributed by atoms with van der Waals surface area (Å²) < 4.78 is 27.7. The molecule has 2 aliphatic heterocycles. The van der Waals surface area contributed by atoms with Crippen molar-refractivity contribution in [2.75, 3.05) is 19.6 Å². The van der Waals surface area contributed by atoms with Crippen LogP contribution in [0, 0.1) is 11.3 Å². The molecule has 1 atom stereocenters. The van der Waals surface area contributed by atoms with Crippen LogP contribution in [-0.2, 0) is 14.8 Å². The van der Waals surface area contributed by atoms with Crippen molar-refractivity contribution in [2.24, 2.45) is 0 Å². The number of sulfonamides is 1. The number of nitriles is 1. The summed E-state index contributed by atoms with van der Waals surface area (Å²) >= 11 is 0. The van der Waals surface area contributed by atoms with E-state index in [0.29, 0.717) is 31.5 Å². The lowest BCUT2D eigenvalue weighted by Crippen LogP contribution is -2.45. The average Bonchev–Trinajstić information content (AvgIpc) is 3.05. The summed E-state index contributed by atoms with van der Waals surface area (Å²) in [7, 11) is -3.62. The molecular formula is C18H23N3O3S. The third kappa shape index (κ3) is 3.86. The largest absolute Gasteiger partial charge is 0.343 e. The first-order valence-corrected chi connectivity index (χ1v) is 10.3. The molecule has 3 rings (SSSR count). The quantitative estimate of drug-likeness (QED) is 0.804. The van der Waals surface area contributed by atoms with Crippen LogP contribution in [-0.4, -0.2) is 49.2 Å². The maximum atomic E-state index is 13.1. The highest BCUT2D eigenvalue weighted by Crippen LogP contribution is 2.28. The Morgan fingerprint density at radius 2 is 2.04 bits per heavy atom. The molecular weight excluding hydrogens is 338 g/mol. The summed E-state index contributed by atoms with van der Waals surface area (Å²) in [6.45, 7) is 1.90. The highest BCUT2D eigenvalue weighted by Gasteiger charge is 2.34. The number of hydrogen-bond donors (Lipinski definition) is 0. The van der Waals surface area contributed by atoms with Gasteiger partial charge in [-0.05, 0) is 43.9 Å². The van der Waals surface area contributed by atoms with Gasteiger partial charge in [0.2, 0.25) is 15.9 Å². The molecule has 0 aromatic heterocycles. The molecule has 25 heavy (non-hydrogen) atoms. The Labute approximate surface area is 149 Å². The number of rotatable bonds is 5. The number of carbonyl (C=O) groups is 1. The van der Waals surface area contributed by atoms with E-state index in [9.17, 15) is 13.2 Å². The van der Waals surface area contributed by atoms with Gasteiger partial charge in [0.25, 0.3) is 0 Å². The summed E-state index contributed by atoms with van der Waals surface area (Å²) in [6, 6.07) is 8.10. The Balaban J connectivity index is 1.77. The van der Waals surface area contributed by atoms with E-state index in [1.54, 1.807) is 22.5 Å². The topological polar surface area (TPSA) is 81.5 Å². The van der Waals surface area contributed by atoms with Gasteiger partial charge in [0.1, 0.15) is 0 Å². The lowest BCUT2D eigenvalue weighted by molar-refractivity contribution is -0.127. The van der Waals surface area contributed by atoms with Crippen LogP contribution >= 0.6 is 0 Å². The first-order chi connectivity index (χ1) is 12.0. The third-order valence-corrected chi connectivity index (χ3v) is 6.99. The van der Waals surface area contributed by atoms with Crippen molar-refractivity contribution in [1.82, 2.24) is 9.21 Å². The summed E-state index contributed by atoms with van der Waals surface area (Å²) in [5.41, 5.74) is 0.345. The fourth-order valence-corrected chi connectivity index (χ4v) is 5.46. The zero-order valence-corrected chi connectivity index (χ0v) is 15.0. The Bertz CT molecular complexity index is 785. The van der Waals surface area contributed by atoms with Gasteiger partial charge in [0, 0.05) is 32.1 Å². The second-order valence-electron chi connectivity index (χ2n) is 6.68. The number of likely N-dealkylation sites (tertiary alicyclic amines) is 1. The van der Waals surface area contributed by atoms with E-state index in [-0.39, 0.29) is 16.8 Å². The SMILES string of the molecule is N#Cc1cccc(S(=O)(=O)N2CCCCC2CCN2CCCC2=O)c1. The molecule has 6 nitrogen and oxygen atoms in total. The molecule has 2 fully saturated rings. The third-order valence-electron chi connectivity index (χ3n) is 5.05. The van der Waals surface area contributed by atoms with Crippen molar-refractivity contribution in [1.29, 1.82) is 5.26 Å². The molecule has 1 aromatic rings. The molecule has 1 amide bonds. The molecule has 1 aromatic carbocycles. The van der Waals surface area contributed by atoms with Crippen LogP contribution in [0.3, 0.4) is 0 Å². The first-order valence-electron chi connectivity index (χ1n) is 8.82. The van der Waals surface area contributed by atoms with Crippen LogP contribution in [0.2, 0.25) is 0 Å². The van der Waals surface area contributed by atoms with E-state index in [1.807, 2.05) is 11.0 Å². The van der Waals surface area contributed by atoms with Gasteiger partial charge in [-0.3, -0.25) is 4.79 Å². The summed E-state index contributed by atoms with van der Waals surface area (Å²) in [5, 5.41) is 9.02. The number of piperidine rings is 1. The second kappa shape index (κ2) is 7.54. The predicted octanol–water partition coefficient (Wildman–Crippen LogP) is 2.11. The van der Waals surface area contributed by atoms with Gasteiger partial charge in [-0.2, -0.15) is 9.57 Å². The average molecular weight is 361 g/mol. The summed E-state index contributed by atoms with van der Waals surface area (Å²) in [6.07, 6.45) is 4.83. The smallest absolute Gasteiger partial charge is 0.243 e. The molecule has 134 valence electrons. The highest BCUT2D eigenvalue weighted by atomic mass is 32.2. The molecule has 0 spiro atoms. The number of carbonyl (C=O) groups excluding carboxylic acids is 1.